The molecule has 5 rings (SSSR count). The van der Waals surface area contributed by atoms with E-state index in [0.29, 0.717) is 40.9 Å². The third-order valence-corrected chi connectivity index (χ3v) is 10.9. The van der Waals surface area contributed by atoms with Crippen molar-refractivity contribution in [3.8, 4) is 17.1 Å². The molecular formula is C36H45ClN6O6S. The number of carbonyl (C=O) groups excluding carboxylic acids is 1. The van der Waals surface area contributed by atoms with Crippen molar-refractivity contribution in [1.82, 2.24) is 20.4 Å². The molecular weight excluding hydrogens is 680 g/mol. The summed E-state index contributed by atoms with van der Waals surface area (Å²) in [6, 6.07) is 11.9. The summed E-state index contributed by atoms with van der Waals surface area (Å²) in [6.45, 7) is 11.2. The number of ether oxygens (including phenoxy) is 2. The summed E-state index contributed by atoms with van der Waals surface area (Å²) in [4.78, 5) is 22.0. The fourth-order valence-corrected chi connectivity index (χ4v) is 6.98. The lowest BCUT2D eigenvalue weighted by atomic mass is 9.94. The molecule has 12 nitrogen and oxygen atoms in total. The number of aryl methyl sites for hydroxylation is 1. The molecule has 2 aromatic heterocycles. The van der Waals surface area contributed by atoms with E-state index in [-0.39, 0.29) is 39.4 Å². The third-order valence-electron chi connectivity index (χ3n) is 8.41. The highest BCUT2D eigenvalue weighted by molar-refractivity contribution is 7.92. The standard InChI is InChI=1S/C36H45ClN6O6S/c1-22(2)48-32-18-24(5)26(31-20-30(43-49-31)35(44)38-15-13-25-10-8-9-16-47-17-14-25)19-29(32)41-36-39-21-27(37)34(42-36)40-28-11-6-7-12-33(28)50(45,46)23(3)4/h6-7,11-12,18-23,25H,8-10,13-17H2,1-5H3,(H,38,44)(H2,39,40,41,42). The van der Waals surface area contributed by atoms with Crippen LogP contribution in [-0.4, -0.2) is 60.6 Å². The fourth-order valence-electron chi connectivity index (χ4n) is 5.64. The molecule has 1 fully saturated rings. The van der Waals surface area contributed by atoms with Gasteiger partial charge in [-0.15, -0.1) is 0 Å². The van der Waals surface area contributed by atoms with Crippen LogP contribution in [0.5, 0.6) is 5.75 Å². The molecule has 268 valence electrons. The number of halogens is 1. The summed E-state index contributed by atoms with van der Waals surface area (Å²) in [5.74, 6) is 1.57. The first-order valence-corrected chi connectivity index (χ1v) is 18.9. The van der Waals surface area contributed by atoms with Gasteiger partial charge in [0.15, 0.2) is 27.1 Å². The van der Waals surface area contributed by atoms with Crippen molar-refractivity contribution >= 4 is 50.5 Å². The maximum atomic E-state index is 13.0. The van der Waals surface area contributed by atoms with Gasteiger partial charge in [0.1, 0.15) is 10.8 Å². The molecule has 4 aromatic rings. The lowest BCUT2D eigenvalue weighted by molar-refractivity contribution is 0.0920. The monoisotopic (exact) mass is 724 g/mol. The highest BCUT2D eigenvalue weighted by atomic mass is 35.5. The summed E-state index contributed by atoms with van der Waals surface area (Å²) < 4.78 is 43.5. The van der Waals surface area contributed by atoms with E-state index in [1.807, 2.05) is 32.9 Å². The predicted molar refractivity (Wildman–Crippen MR) is 195 cm³/mol. The minimum atomic E-state index is -3.59. The summed E-state index contributed by atoms with van der Waals surface area (Å²) >= 11 is 6.47. The molecule has 0 radical (unpaired) electrons. The van der Waals surface area contributed by atoms with Gasteiger partial charge in [0.25, 0.3) is 5.91 Å². The Morgan fingerprint density at radius 3 is 2.62 bits per heavy atom. The fraction of sp³-hybridized carbons (Fsp3) is 0.444. The second kappa shape index (κ2) is 16.7. The molecule has 0 bridgehead atoms. The summed E-state index contributed by atoms with van der Waals surface area (Å²) in [6.07, 6.45) is 6.55. The molecule has 1 unspecified atom stereocenters. The number of sulfone groups is 1. The van der Waals surface area contributed by atoms with Gasteiger partial charge >= 0.3 is 0 Å². The number of nitrogens with zero attached hydrogens (tertiary/aromatic N) is 3. The molecule has 0 aliphatic carbocycles. The van der Waals surface area contributed by atoms with Crippen LogP contribution < -0.4 is 20.7 Å². The first-order valence-electron chi connectivity index (χ1n) is 17.0. The summed E-state index contributed by atoms with van der Waals surface area (Å²) in [5.41, 5.74) is 2.58. The van der Waals surface area contributed by atoms with Crippen LogP contribution in [0.15, 0.2) is 58.1 Å². The van der Waals surface area contributed by atoms with Crippen LogP contribution in [0.3, 0.4) is 0 Å². The molecule has 1 aliphatic heterocycles. The lowest BCUT2D eigenvalue weighted by Crippen LogP contribution is -2.26. The first-order chi connectivity index (χ1) is 23.9. The number of hydrogen-bond acceptors (Lipinski definition) is 11. The zero-order chi connectivity index (χ0) is 35.8. The molecule has 1 aliphatic rings. The maximum absolute atomic E-state index is 13.0. The molecule has 0 spiro atoms. The zero-order valence-electron chi connectivity index (χ0n) is 29.1. The Bertz CT molecular complexity index is 1890. The topological polar surface area (TPSA) is 158 Å². The highest BCUT2D eigenvalue weighted by Crippen LogP contribution is 2.37. The smallest absolute Gasteiger partial charge is 0.273 e. The van der Waals surface area contributed by atoms with Crippen molar-refractivity contribution in [3.63, 3.8) is 0 Å². The number of hydrogen-bond donors (Lipinski definition) is 3. The van der Waals surface area contributed by atoms with Crippen LogP contribution in [0.1, 0.15) is 75.9 Å². The van der Waals surface area contributed by atoms with Crippen molar-refractivity contribution in [2.24, 2.45) is 5.92 Å². The Kier molecular flexibility index (Phi) is 12.4. The molecule has 1 atom stereocenters. The Hall–Kier alpha value is -4.20. The number of rotatable bonds is 13. The third kappa shape index (κ3) is 9.32. The van der Waals surface area contributed by atoms with Gasteiger partial charge < -0.3 is 29.9 Å². The van der Waals surface area contributed by atoms with Crippen molar-refractivity contribution < 1.29 is 27.2 Å². The number of benzene rings is 2. The molecule has 1 amide bonds. The van der Waals surface area contributed by atoms with Gasteiger partial charge in [-0.2, -0.15) is 4.98 Å². The predicted octanol–water partition coefficient (Wildman–Crippen LogP) is 7.88. The summed E-state index contributed by atoms with van der Waals surface area (Å²) in [5, 5.41) is 12.9. The van der Waals surface area contributed by atoms with Gasteiger partial charge in [0, 0.05) is 31.4 Å². The minimum absolute atomic E-state index is 0.139. The van der Waals surface area contributed by atoms with Crippen molar-refractivity contribution in [2.75, 3.05) is 30.4 Å². The van der Waals surface area contributed by atoms with Gasteiger partial charge in [-0.3, -0.25) is 4.79 Å². The van der Waals surface area contributed by atoms with E-state index in [9.17, 15) is 13.2 Å². The van der Waals surface area contributed by atoms with Crippen molar-refractivity contribution in [1.29, 1.82) is 0 Å². The molecule has 50 heavy (non-hydrogen) atoms. The Morgan fingerprint density at radius 1 is 1.04 bits per heavy atom. The lowest BCUT2D eigenvalue weighted by Gasteiger charge is -2.19. The average Bonchev–Trinajstić information content (AvgIpc) is 3.55. The first kappa shape index (κ1) is 37.1. The Balaban J connectivity index is 1.36. The van der Waals surface area contributed by atoms with Gasteiger partial charge in [-0.25, -0.2) is 13.4 Å². The Morgan fingerprint density at radius 2 is 1.84 bits per heavy atom. The maximum Gasteiger partial charge on any atom is 0.273 e. The number of para-hydroxylation sites is 1. The van der Waals surface area contributed by atoms with Crippen molar-refractivity contribution in [3.05, 3.63) is 64.9 Å². The molecule has 2 aromatic carbocycles. The van der Waals surface area contributed by atoms with Crippen molar-refractivity contribution in [2.45, 2.75) is 83.0 Å². The van der Waals surface area contributed by atoms with Gasteiger partial charge in [-0.1, -0.05) is 41.7 Å². The van der Waals surface area contributed by atoms with Gasteiger partial charge in [0.2, 0.25) is 5.95 Å². The zero-order valence-corrected chi connectivity index (χ0v) is 30.7. The highest BCUT2D eigenvalue weighted by Gasteiger charge is 2.24. The molecule has 14 heteroatoms. The van der Waals surface area contributed by atoms with E-state index < -0.39 is 15.1 Å². The second-order valence-electron chi connectivity index (χ2n) is 12.9. The van der Waals surface area contributed by atoms with Gasteiger partial charge in [-0.05, 0) is 89.6 Å². The van der Waals surface area contributed by atoms with Crippen LogP contribution in [0.25, 0.3) is 11.3 Å². The Labute approximate surface area is 298 Å². The average molecular weight is 725 g/mol. The largest absolute Gasteiger partial charge is 0.489 e. The minimum Gasteiger partial charge on any atom is -0.489 e. The van der Waals surface area contributed by atoms with Crippen LogP contribution in [-0.2, 0) is 14.6 Å². The van der Waals surface area contributed by atoms with E-state index in [1.54, 1.807) is 44.2 Å². The van der Waals surface area contributed by atoms with Gasteiger partial charge in [0.05, 0.1) is 33.8 Å². The van der Waals surface area contributed by atoms with Crippen LogP contribution in [0, 0.1) is 12.8 Å². The normalized spacial score (nSPS) is 15.4. The molecule has 1 saturated heterocycles. The van der Waals surface area contributed by atoms with E-state index in [0.717, 1.165) is 50.9 Å². The number of amides is 1. The van der Waals surface area contributed by atoms with E-state index in [1.165, 1.54) is 6.20 Å². The van der Waals surface area contributed by atoms with Crippen LogP contribution >= 0.6 is 11.6 Å². The van der Waals surface area contributed by atoms with Crippen LogP contribution in [0.4, 0.5) is 23.1 Å². The molecule has 0 saturated carbocycles. The van der Waals surface area contributed by atoms with E-state index in [4.69, 9.17) is 25.6 Å². The number of nitrogens with one attached hydrogen (secondary N) is 3. The summed E-state index contributed by atoms with van der Waals surface area (Å²) in [7, 11) is -3.59. The van der Waals surface area contributed by atoms with Crippen LogP contribution in [0.2, 0.25) is 5.02 Å². The quantitative estimate of drug-likeness (QED) is 0.123. The number of aromatic nitrogens is 3. The SMILES string of the molecule is Cc1cc(OC(C)C)c(Nc2ncc(Cl)c(Nc3ccccc3S(=O)(=O)C(C)C)n2)cc1-c1cc(C(=O)NCCC2CCCCOCC2)no1. The van der Waals surface area contributed by atoms with E-state index >= 15 is 0 Å². The number of anilines is 4. The molecule has 3 heterocycles. The second-order valence-corrected chi connectivity index (χ2v) is 15.8. The molecule has 3 N–H and O–H groups in total. The van der Waals surface area contributed by atoms with E-state index in [2.05, 4.69) is 31.1 Å². The number of carbonyl (C=O) groups is 1.